The maximum absolute atomic E-state index is 6.02. The van der Waals surface area contributed by atoms with Gasteiger partial charge in [0.15, 0.2) is 11.0 Å². The SMILES string of the molecule is CN1CCC[C@@H](N2CCCN(C)c3cc(Cl)nnc32)C1. The Labute approximate surface area is 125 Å². The fraction of sp³-hybridized carbons (Fsp3) is 0.714. The molecule has 2 aliphatic rings. The molecule has 1 aromatic heterocycles. The van der Waals surface area contributed by atoms with Gasteiger partial charge in [-0.2, -0.15) is 0 Å². The van der Waals surface area contributed by atoms with Crippen LogP contribution >= 0.6 is 11.6 Å². The summed E-state index contributed by atoms with van der Waals surface area (Å²) >= 11 is 6.02. The van der Waals surface area contributed by atoms with Gasteiger partial charge in [-0.3, -0.25) is 0 Å². The lowest BCUT2D eigenvalue weighted by molar-refractivity contribution is 0.244. The van der Waals surface area contributed by atoms with Crippen LogP contribution in [0.15, 0.2) is 6.07 Å². The van der Waals surface area contributed by atoms with Crippen molar-refractivity contribution in [2.45, 2.75) is 25.3 Å². The highest BCUT2D eigenvalue weighted by Crippen LogP contribution is 2.33. The highest BCUT2D eigenvalue weighted by molar-refractivity contribution is 6.29. The first-order valence-electron chi connectivity index (χ1n) is 7.34. The lowest BCUT2D eigenvalue weighted by Gasteiger charge is -2.38. The maximum Gasteiger partial charge on any atom is 0.175 e. The standard InChI is InChI=1S/C14H22ClN5/c1-18-6-3-5-11(10-18)20-8-4-7-19(2)12-9-13(15)16-17-14(12)20/h9,11H,3-8,10H2,1-2H3/t11-/m1/s1. The van der Waals surface area contributed by atoms with Gasteiger partial charge in [-0.25, -0.2) is 0 Å². The normalized spacial score (nSPS) is 24.4. The quantitative estimate of drug-likeness (QED) is 0.790. The summed E-state index contributed by atoms with van der Waals surface area (Å²) in [4.78, 5) is 7.09. The van der Waals surface area contributed by atoms with Crippen LogP contribution in [0.2, 0.25) is 5.15 Å². The highest BCUT2D eigenvalue weighted by atomic mass is 35.5. The first kappa shape index (κ1) is 13.9. The highest BCUT2D eigenvalue weighted by Gasteiger charge is 2.29. The van der Waals surface area contributed by atoms with Crippen molar-refractivity contribution >= 4 is 23.1 Å². The minimum atomic E-state index is 0.471. The number of piperidine rings is 1. The van der Waals surface area contributed by atoms with Gasteiger partial charge in [0.25, 0.3) is 0 Å². The molecule has 20 heavy (non-hydrogen) atoms. The molecule has 3 rings (SSSR count). The molecule has 5 nitrogen and oxygen atoms in total. The summed E-state index contributed by atoms with van der Waals surface area (Å²) < 4.78 is 0. The van der Waals surface area contributed by atoms with Gasteiger partial charge in [0.05, 0.1) is 5.69 Å². The lowest BCUT2D eigenvalue weighted by Crippen LogP contribution is -2.47. The van der Waals surface area contributed by atoms with E-state index in [-0.39, 0.29) is 0 Å². The average molecular weight is 296 g/mol. The molecule has 1 saturated heterocycles. The van der Waals surface area contributed by atoms with Crippen molar-refractivity contribution < 1.29 is 0 Å². The Morgan fingerprint density at radius 2 is 2.00 bits per heavy atom. The maximum atomic E-state index is 6.02. The van der Waals surface area contributed by atoms with Crippen LogP contribution in [0, 0.1) is 0 Å². The molecule has 0 N–H and O–H groups in total. The second kappa shape index (κ2) is 5.74. The summed E-state index contributed by atoms with van der Waals surface area (Å²) in [5, 5.41) is 8.93. The van der Waals surface area contributed by atoms with E-state index < -0.39 is 0 Å². The van der Waals surface area contributed by atoms with E-state index in [0.29, 0.717) is 11.2 Å². The molecule has 6 heteroatoms. The Bertz CT molecular complexity index is 481. The number of rotatable bonds is 1. The fourth-order valence-electron chi connectivity index (χ4n) is 3.29. The number of nitrogens with zero attached hydrogens (tertiary/aromatic N) is 5. The molecule has 0 amide bonds. The molecule has 0 bridgehead atoms. The van der Waals surface area contributed by atoms with Crippen LogP contribution in [-0.4, -0.2) is 61.4 Å². The van der Waals surface area contributed by atoms with Gasteiger partial charge in [-0.1, -0.05) is 11.6 Å². The summed E-state index contributed by atoms with van der Waals surface area (Å²) in [5.74, 6) is 0.995. The first-order valence-corrected chi connectivity index (χ1v) is 7.72. The van der Waals surface area contributed by atoms with E-state index in [1.54, 1.807) is 0 Å². The summed E-state index contributed by atoms with van der Waals surface area (Å²) in [6.45, 7) is 4.39. The van der Waals surface area contributed by atoms with E-state index in [4.69, 9.17) is 11.6 Å². The molecule has 0 unspecified atom stereocenters. The van der Waals surface area contributed by atoms with E-state index >= 15 is 0 Å². The number of hydrogen-bond acceptors (Lipinski definition) is 5. The van der Waals surface area contributed by atoms with Gasteiger partial charge in [0.2, 0.25) is 0 Å². The Kier molecular flexibility index (Phi) is 3.98. The van der Waals surface area contributed by atoms with Crippen LogP contribution in [0.3, 0.4) is 0 Å². The molecular weight excluding hydrogens is 274 g/mol. The molecule has 1 aromatic rings. The summed E-state index contributed by atoms with van der Waals surface area (Å²) in [5.41, 5.74) is 1.11. The van der Waals surface area contributed by atoms with Crippen LogP contribution in [0.4, 0.5) is 11.5 Å². The molecule has 2 aliphatic heterocycles. The molecule has 110 valence electrons. The van der Waals surface area contributed by atoms with Gasteiger partial charge in [0.1, 0.15) is 0 Å². The molecule has 1 fully saturated rings. The number of aromatic nitrogens is 2. The lowest BCUT2D eigenvalue weighted by atomic mass is 10.0. The van der Waals surface area contributed by atoms with Gasteiger partial charge in [0, 0.05) is 38.8 Å². The van der Waals surface area contributed by atoms with Crippen LogP contribution in [0.25, 0.3) is 0 Å². The smallest absolute Gasteiger partial charge is 0.175 e. The van der Waals surface area contributed by atoms with E-state index in [0.717, 1.165) is 37.6 Å². The molecule has 0 aromatic carbocycles. The summed E-state index contributed by atoms with van der Waals surface area (Å²) in [6, 6.07) is 2.48. The molecule has 1 atom stereocenters. The molecule has 0 spiro atoms. The predicted molar refractivity (Wildman–Crippen MR) is 82.8 cm³/mol. The van der Waals surface area contributed by atoms with Crippen LogP contribution in [-0.2, 0) is 0 Å². The summed E-state index contributed by atoms with van der Waals surface area (Å²) in [6.07, 6.45) is 3.63. The van der Waals surface area contributed by atoms with Gasteiger partial charge in [-0.05, 0) is 32.9 Å². The van der Waals surface area contributed by atoms with Crippen molar-refractivity contribution in [3.05, 3.63) is 11.2 Å². The Hall–Kier alpha value is -1.07. The second-order valence-electron chi connectivity index (χ2n) is 5.90. The van der Waals surface area contributed by atoms with Crippen LogP contribution < -0.4 is 9.80 Å². The Morgan fingerprint density at radius 3 is 2.80 bits per heavy atom. The number of hydrogen-bond donors (Lipinski definition) is 0. The number of likely N-dealkylation sites (tertiary alicyclic amines) is 1. The topological polar surface area (TPSA) is 35.5 Å². The third-order valence-corrected chi connectivity index (χ3v) is 4.53. The molecule has 0 radical (unpaired) electrons. The van der Waals surface area contributed by atoms with Crippen molar-refractivity contribution in [1.29, 1.82) is 0 Å². The van der Waals surface area contributed by atoms with Crippen LogP contribution in [0.5, 0.6) is 0 Å². The molecule has 0 aliphatic carbocycles. The Morgan fingerprint density at radius 1 is 1.15 bits per heavy atom. The number of likely N-dealkylation sites (N-methyl/N-ethyl adjacent to an activating group) is 1. The minimum Gasteiger partial charge on any atom is -0.371 e. The minimum absolute atomic E-state index is 0.471. The van der Waals surface area contributed by atoms with Crippen molar-refractivity contribution in [2.24, 2.45) is 0 Å². The van der Waals surface area contributed by atoms with Gasteiger partial charge >= 0.3 is 0 Å². The van der Waals surface area contributed by atoms with Crippen LogP contribution in [0.1, 0.15) is 19.3 Å². The molecule has 3 heterocycles. The zero-order valence-corrected chi connectivity index (χ0v) is 13.0. The zero-order chi connectivity index (χ0) is 14.1. The summed E-state index contributed by atoms with van der Waals surface area (Å²) in [7, 11) is 4.30. The van der Waals surface area contributed by atoms with Gasteiger partial charge < -0.3 is 14.7 Å². The average Bonchev–Trinajstić information content (AvgIpc) is 2.59. The third kappa shape index (κ3) is 2.69. The fourth-order valence-corrected chi connectivity index (χ4v) is 3.43. The largest absolute Gasteiger partial charge is 0.371 e. The van der Waals surface area contributed by atoms with E-state index in [9.17, 15) is 0 Å². The second-order valence-corrected chi connectivity index (χ2v) is 6.29. The molecular formula is C14H22ClN5. The van der Waals surface area contributed by atoms with Gasteiger partial charge in [-0.15, -0.1) is 10.2 Å². The first-order chi connectivity index (χ1) is 9.65. The van der Waals surface area contributed by atoms with E-state index in [2.05, 4.69) is 39.0 Å². The Balaban J connectivity index is 1.93. The monoisotopic (exact) mass is 295 g/mol. The number of halogens is 1. The molecule has 0 saturated carbocycles. The van der Waals surface area contributed by atoms with E-state index in [1.807, 2.05) is 6.07 Å². The van der Waals surface area contributed by atoms with Crippen molar-refractivity contribution in [3.8, 4) is 0 Å². The van der Waals surface area contributed by atoms with Crippen molar-refractivity contribution in [1.82, 2.24) is 15.1 Å². The van der Waals surface area contributed by atoms with Crippen molar-refractivity contribution in [2.75, 3.05) is 50.1 Å². The number of fused-ring (bicyclic) bond motifs is 1. The number of anilines is 2. The zero-order valence-electron chi connectivity index (χ0n) is 12.2. The predicted octanol–water partition coefficient (Wildman–Crippen LogP) is 1.87. The van der Waals surface area contributed by atoms with Crippen molar-refractivity contribution in [3.63, 3.8) is 0 Å². The van der Waals surface area contributed by atoms with E-state index in [1.165, 1.54) is 19.4 Å². The third-order valence-electron chi connectivity index (χ3n) is 4.34.